The summed E-state index contributed by atoms with van der Waals surface area (Å²) in [6.45, 7) is 2.19. The second-order valence-corrected chi connectivity index (χ2v) is 4.50. The van der Waals surface area contributed by atoms with Crippen LogP contribution in [0, 0.1) is 5.82 Å². The Morgan fingerprint density at radius 3 is 2.94 bits per heavy atom. The zero-order valence-electron chi connectivity index (χ0n) is 9.87. The Morgan fingerprint density at radius 1 is 1.53 bits per heavy atom. The lowest BCUT2D eigenvalue weighted by Gasteiger charge is -2.14. The van der Waals surface area contributed by atoms with Crippen molar-refractivity contribution >= 4 is 5.91 Å². The van der Waals surface area contributed by atoms with Crippen LogP contribution >= 0.6 is 0 Å². The molecule has 1 aliphatic carbocycles. The minimum absolute atomic E-state index is 0.0475. The smallest absolute Gasteiger partial charge is 0.234 e. The van der Waals surface area contributed by atoms with Gasteiger partial charge in [-0.25, -0.2) is 4.39 Å². The molecular weight excluding hydrogens is 219 g/mol. The molecule has 1 atom stereocenters. The van der Waals surface area contributed by atoms with Gasteiger partial charge in [-0.2, -0.15) is 0 Å². The molecule has 1 fully saturated rings. The number of amides is 1. The van der Waals surface area contributed by atoms with Crippen molar-refractivity contribution in [2.24, 2.45) is 0 Å². The van der Waals surface area contributed by atoms with Crippen molar-refractivity contribution in [3.05, 3.63) is 35.6 Å². The maximum Gasteiger partial charge on any atom is 0.234 e. The summed E-state index contributed by atoms with van der Waals surface area (Å²) in [7, 11) is 0. The minimum atomic E-state index is -0.278. The van der Waals surface area contributed by atoms with Gasteiger partial charge in [0.05, 0.1) is 12.6 Å². The highest BCUT2D eigenvalue weighted by Gasteiger charge is 2.21. The molecule has 92 valence electrons. The van der Waals surface area contributed by atoms with Crippen molar-refractivity contribution in [1.29, 1.82) is 0 Å². The molecule has 0 aliphatic heterocycles. The summed E-state index contributed by atoms with van der Waals surface area (Å²) in [5.74, 6) is -0.326. The molecule has 0 aromatic heterocycles. The van der Waals surface area contributed by atoms with Crippen LogP contribution < -0.4 is 10.6 Å². The molecule has 2 rings (SSSR count). The van der Waals surface area contributed by atoms with Crippen molar-refractivity contribution < 1.29 is 9.18 Å². The standard InChI is InChI=1S/C13H17FN2O/c1-9(10-3-2-4-11(14)7-10)16-13(17)8-15-12-5-6-12/h2-4,7,9,12,15H,5-6,8H2,1H3,(H,16,17)/t9-/m0/s1. The highest BCUT2D eigenvalue weighted by Crippen LogP contribution is 2.18. The van der Waals surface area contributed by atoms with Crippen molar-refractivity contribution in [3.8, 4) is 0 Å². The van der Waals surface area contributed by atoms with Gasteiger partial charge in [0.2, 0.25) is 5.91 Å². The Morgan fingerprint density at radius 2 is 2.29 bits per heavy atom. The van der Waals surface area contributed by atoms with Gasteiger partial charge >= 0.3 is 0 Å². The van der Waals surface area contributed by atoms with E-state index < -0.39 is 0 Å². The van der Waals surface area contributed by atoms with E-state index in [4.69, 9.17) is 0 Å². The van der Waals surface area contributed by atoms with E-state index in [0.717, 1.165) is 18.4 Å². The normalized spacial score (nSPS) is 16.6. The molecule has 0 bridgehead atoms. The highest BCUT2D eigenvalue weighted by molar-refractivity contribution is 5.78. The minimum Gasteiger partial charge on any atom is -0.348 e. The Kier molecular flexibility index (Phi) is 3.74. The number of benzene rings is 1. The van der Waals surface area contributed by atoms with Crippen molar-refractivity contribution in [3.63, 3.8) is 0 Å². The average molecular weight is 236 g/mol. The lowest BCUT2D eigenvalue weighted by molar-refractivity contribution is -0.120. The Balaban J connectivity index is 1.82. The monoisotopic (exact) mass is 236 g/mol. The third-order valence-electron chi connectivity index (χ3n) is 2.85. The molecule has 1 aliphatic rings. The number of carbonyl (C=O) groups excluding carboxylic acids is 1. The molecule has 0 unspecified atom stereocenters. The number of hydrogen-bond acceptors (Lipinski definition) is 2. The summed E-state index contributed by atoms with van der Waals surface area (Å²) < 4.78 is 13.0. The molecule has 4 heteroatoms. The van der Waals surface area contributed by atoms with Crippen molar-refractivity contribution in [2.75, 3.05) is 6.54 Å². The van der Waals surface area contributed by atoms with E-state index in [9.17, 15) is 9.18 Å². The Bertz CT molecular complexity index is 404. The zero-order valence-corrected chi connectivity index (χ0v) is 9.87. The predicted octanol–water partition coefficient (Wildman–Crippen LogP) is 1.75. The Labute approximate surface area is 100 Å². The topological polar surface area (TPSA) is 41.1 Å². The van der Waals surface area contributed by atoms with Crippen LogP contribution in [0.2, 0.25) is 0 Å². The summed E-state index contributed by atoms with van der Waals surface area (Å²) in [6.07, 6.45) is 2.32. The number of carbonyl (C=O) groups is 1. The van der Waals surface area contributed by atoms with E-state index >= 15 is 0 Å². The van der Waals surface area contributed by atoms with Gasteiger partial charge in [-0.1, -0.05) is 12.1 Å². The first-order chi connectivity index (χ1) is 8.15. The molecule has 1 amide bonds. The van der Waals surface area contributed by atoms with Gasteiger partial charge in [0.15, 0.2) is 0 Å². The lowest BCUT2D eigenvalue weighted by atomic mass is 10.1. The van der Waals surface area contributed by atoms with Crippen LogP contribution in [0.15, 0.2) is 24.3 Å². The van der Waals surface area contributed by atoms with Crippen LogP contribution in [-0.2, 0) is 4.79 Å². The molecule has 1 aromatic rings. The third kappa shape index (κ3) is 3.82. The van der Waals surface area contributed by atoms with E-state index in [1.807, 2.05) is 13.0 Å². The van der Waals surface area contributed by atoms with Gasteiger partial charge < -0.3 is 10.6 Å². The van der Waals surface area contributed by atoms with E-state index in [2.05, 4.69) is 10.6 Å². The van der Waals surface area contributed by atoms with Gasteiger partial charge in [-0.3, -0.25) is 4.79 Å². The molecule has 17 heavy (non-hydrogen) atoms. The van der Waals surface area contributed by atoms with E-state index in [1.165, 1.54) is 12.1 Å². The summed E-state index contributed by atoms with van der Waals surface area (Å²) in [5.41, 5.74) is 0.782. The summed E-state index contributed by atoms with van der Waals surface area (Å²) in [4.78, 5) is 11.6. The molecule has 3 nitrogen and oxygen atoms in total. The van der Waals surface area contributed by atoms with Gasteiger partial charge in [-0.15, -0.1) is 0 Å². The lowest BCUT2D eigenvalue weighted by Crippen LogP contribution is -2.36. The number of nitrogens with one attached hydrogen (secondary N) is 2. The molecular formula is C13H17FN2O. The second-order valence-electron chi connectivity index (χ2n) is 4.50. The van der Waals surface area contributed by atoms with Gasteiger partial charge in [0, 0.05) is 6.04 Å². The first-order valence-electron chi connectivity index (χ1n) is 5.93. The molecule has 1 saturated carbocycles. The number of rotatable bonds is 5. The van der Waals surface area contributed by atoms with E-state index in [-0.39, 0.29) is 17.8 Å². The summed E-state index contributed by atoms with van der Waals surface area (Å²) in [5, 5.41) is 5.98. The van der Waals surface area contributed by atoms with Crippen LogP contribution in [0.4, 0.5) is 4.39 Å². The second kappa shape index (κ2) is 5.27. The van der Waals surface area contributed by atoms with Gasteiger partial charge in [-0.05, 0) is 37.5 Å². The fraction of sp³-hybridized carbons (Fsp3) is 0.462. The highest BCUT2D eigenvalue weighted by atomic mass is 19.1. The maximum absolute atomic E-state index is 13.0. The molecule has 1 aromatic carbocycles. The molecule has 0 saturated heterocycles. The average Bonchev–Trinajstić information content (AvgIpc) is 3.10. The molecule has 0 spiro atoms. The van der Waals surface area contributed by atoms with E-state index in [1.54, 1.807) is 6.07 Å². The maximum atomic E-state index is 13.0. The van der Waals surface area contributed by atoms with Crippen molar-refractivity contribution in [2.45, 2.75) is 31.8 Å². The zero-order chi connectivity index (χ0) is 12.3. The van der Waals surface area contributed by atoms with Gasteiger partial charge in [0.25, 0.3) is 0 Å². The number of hydrogen-bond donors (Lipinski definition) is 2. The fourth-order valence-electron chi connectivity index (χ4n) is 1.68. The molecule has 0 radical (unpaired) electrons. The largest absolute Gasteiger partial charge is 0.348 e. The predicted molar refractivity (Wildman–Crippen MR) is 64.0 cm³/mol. The van der Waals surface area contributed by atoms with Crippen LogP contribution in [0.25, 0.3) is 0 Å². The quantitative estimate of drug-likeness (QED) is 0.818. The van der Waals surface area contributed by atoms with E-state index in [0.29, 0.717) is 12.6 Å². The molecule has 2 N–H and O–H groups in total. The van der Waals surface area contributed by atoms with Gasteiger partial charge in [0.1, 0.15) is 5.82 Å². The Hall–Kier alpha value is -1.42. The van der Waals surface area contributed by atoms with Crippen LogP contribution in [0.1, 0.15) is 31.4 Å². The first kappa shape index (κ1) is 12.0. The SMILES string of the molecule is C[C@H](NC(=O)CNC1CC1)c1cccc(F)c1. The van der Waals surface area contributed by atoms with Crippen LogP contribution in [0.3, 0.4) is 0 Å². The number of halogens is 1. The summed E-state index contributed by atoms with van der Waals surface area (Å²) in [6, 6.07) is 6.65. The fourth-order valence-corrected chi connectivity index (χ4v) is 1.68. The van der Waals surface area contributed by atoms with Crippen molar-refractivity contribution in [1.82, 2.24) is 10.6 Å². The van der Waals surface area contributed by atoms with Crippen LogP contribution in [-0.4, -0.2) is 18.5 Å². The van der Waals surface area contributed by atoms with Crippen LogP contribution in [0.5, 0.6) is 0 Å². The first-order valence-corrected chi connectivity index (χ1v) is 5.93. The molecule has 0 heterocycles. The third-order valence-corrected chi connectivity index (χ3v) is 2.85. The summed E-state index contributed by atoms with van der Waals surface area (Å²) >= 11 is 0.